The van der Waals surface area contributed by atoms with Crippen LogP contribution in [0.2, 0.25) is 0 Å². The molecule has 16 heavy (non-hydrogen) atoms. The van der Waals surface area contributed by atoms with Crippen molar-refractivity contribution in [3.05, 3.63) is 23.6 Å². The molecule has 5 heteroatoms. The van der Waals surface area contributed by atoms with E-state index in [1.165, 1.54) is 6.07 Å². The van der Waals surface area contributed by atoms with Gasteiger partial charge in [-0.2, -0.15) is 9.37 Å². The number of carboxylic acids is 1. The van der Waals surface area contributed by atoms with Gasteiger partial charge in [-0.1, -0.05) is 6.92 Å². The van der Waals surface area contributed by atoms with Crippen LogP contribution in [0.25, 0.3) is 0 Å². The Balaban J connectivity index is 2.05. The van der Waals surface area contributed by atoms with Crippen LogP contribution >= 0.6 is 0 Å². The summed E-state index contributed by atoms with van der Waals surface area (Å²) in [6.45, 7) is 2.58. The molecule has 2 atom stereocenters. The molecule has 0 radical (unpaired) electrons. The van der Waals surface area contributed by atoms with Crippen LogP contribution in [0.15, 0.2) is 12.1 Å². The fourth-order valence-electron chi connectivity index (χ4n) is 1.49. The Labute approximate surface area is 92.1 Å². The first-order valence-corrected chi connectivity index (χ1v) is 5.10. The van der Waals surface area contributed by atoms with Gasteiger partial charge >= 0.3 is 5.97 Å². The summed E-state index contributed by atoms with van der Waals surface area (Å²) in [7, 11) is 0. The molecule has 0 aliphatic heterocycles. The van der Waals surface area contributed by atoms with Crippen LogP contribution in [-0.2, 0) is 0 Å². The number of carboxylic acid groups (broad SMARTS) is 1. The number of halogens is 1. The predicted molar refractivity (Wildman–Crippen MR) is 53.9 cm³/mol. The zero-order valence-corrected chi connectivity index (χ0v) is 8.81. The van der Waals surface area contributed by atoms with Crippen LogP contribution < -0.4 is 4.74 Å². The summed E-state index contributed by atoms with van der Waals surface area (Å²) in [4.78, 5) is 14.1. The maximum Gasteiger partial charge on any atom is 0.336 e. The fraction of sp³-hybridized carbons (Fsp3) is 0.455. The number of aromatic nitrogens is 1. The molecular weight excluding hydrogens is 213 g/mol. The molecule has 0 spiro atoms. The highest BCUT2D eigenvalue weighted by atomic mass is 19.1. The van der Waals surface area contributed by atoms with Gasteiger partial charge in [-0.15, -0.1) is 0 Å². The highest BCUT2D eigenvalue weighted by Gasteiger charge is 2.33. The minimum absolute atomic E-state index is 0.0384. The van der Waals surface area contributed by atoms with E-state index >= 15 is 0 Å². The Morgan fingerprint density at radius 1 is 1.69 bits per heavy atom. The monoisotopic (exact) mass is 225 g/mol. The standard InChI is InChI=1S/C11H12FNO3/c1-6-2-8(6)5-16-10-4-7(11(14)15)3-9(12)13-10/h3-4,6,8H,2,5H2,1H3,(H,14,15)/t6-,8+/m0/s1. The van der Waals surface area contributed by atoms with Gasteiger partial charge in [0.2, 0.25) is 11.8 Å². The molecular formula is C11H12FNO3. The van der Waals surface area contributed by atoms with E-state index in [0.29, 0.717) is 18.4 Å². The fourth-order valence-corrected chi connectivity index (χ4v) is 1.49. The minimum Gasteiger partial charge on any atom is -0.478 e. The number of nitrogens with zero attached hydrogens (tertiary/aromatic N) is 1. The Morgan fingerprint density at radius 2 is 2.38 bits per heavy atom. The SMILES string of the molecule is C[C@H]1C[C@@H]1COc1cc(C(=O)O)cc(F)n1. The normalized spacial score (nSPS) is 22.9. The summed E-state index contributed by atoms with van der Waals surface area (Å²) in [6.07, 6.45) is 1.10. The third kappa shape index (κ3) is 2.48. The molecule has 1 heterocycles. The molecule has 0 saturated heterocycles. The number of carbonyl (C=O) groups is 1. The van der Waals surface area contributed by atoms with Gasteiger partial charge in [0.1, 0.15) is 0 Å². The largest absolute Gasteiger partial charge is 0.478 e. The van der Waals surface area contributed by atoms with Crippen molar-refractivity contribution in [3.63, 3.8) is 0 Å². The average Bonchev–Trinajstić information content (AvgIpc) is 2.91. The first-order valence-electron chi connectivity index (χ1n) is 5.10. The summed E-state index contributed by atoms with van der Waals surface area (Å²) >= 11 is 0. The number of hydrogen-bond acceptors (Lipinski definition) is 3. The molecule has 0 amide bonds. The maximum absolute atomic E-state index is 13.0. The summed E-state index contributed by atoms with van der Waals surface area (Å²) in [5.74, 6) is -0.868. The molecule has 2 rings (SSSR count). The summed E-state index contributed by atoms with van der Waals surface area (Å²) < 4.78 is 18.2. The van der Waals surface area contributed by atoms with Gasteiger partial charge in [0.25, 0.3) is 0 Å². The van der Waals surface area contributed by atoms with E-state index in [2.05, 4.69) is 11.9 Å². The van der Waals surface area contributed by atoms with Gasteiger partial charge in [0.05, 0.1) is 12.2 Å². The van der Waals surface area contributed by atoms with E-state index in [0.717, 1.165) is 12.5 Å². The highest BCUT2D eigenvalue weighted by Crippen LogP contribution is 2.37. The first kappa shape index (κ1) is 10.9. The van der Waals surface area contributed by atoms with Gasteiger partial charge in [0.15, 0.2) is 0 Å². The zero-order valence-electron chi connectivity index (χ0n) is 8.81. The lowest BCUT2D eigenvalue weighted by Gasteiger charge is -2.05. The lowest BCUT2D eigenvalue weighted by Crippen LogP contribution is -2.05. The summed E-state index contributed by atoms with van der Waals surface area (Å²) in [5.41, 5.74) is -0.147. The Bertz CT molecular complexity index is 422. The first-order chi connectivity index (χ1) is 7.56. The molecule has 1 aliphatic rings. The average molecular weight is 225 g/mol. The van der Waals surface area contributed by atoms with Gasteiger partial charge in [-0.3, -0.25) is 0 Å². The molecule has 0 bridgehead atoms. The van der Waals surface area contributed by atoms with Crippen molar-refractivity contribution in [2.75, 3.05) is 6.61 Å². The van der Waals surface area contributed by atoms with Crippen molar-refractivity contribution >= 4 is 5.97 Å². The lowest BCUT2D eigenvalue weighted by molar-refractivity contribution is 0.0695. The second-order valence-corrected chi connectivity index (χ2v) is 4.11. The number of hydrogen-bond donors (Lipinski definition) is 1. The maximum atomic E-state index is 13.0. The van der Waals surface area contributed by atoms with E-state index in [1.54, 1.807) is 0 Å². The van der Waals surface area contributed by atoms with E-state index < -0.39 is 11.9 Å². The lowest BCUT2D eigenvalue weighted by atomic mass is 10.3. The molecule has 86 valence electrons. The van der Waals surface area contributed by atoms with E-state index in [4.69, 9.17) is 9.84 Å². The smallest absolute Gasteiger partial charge is 0.336 e. The summed E-state index contributed by atoms with van der Waals surface area (Å²) in [5, 5.41) is 8.72. The van der Waals surface area contributed by atoms with E-state index in [-0.39, 0.29) is 11.4 Å². The van der Waals surface area contributed by atoms with Gasteiger partial charge in [0, 0.05) is 12.1 Å². The van der Waals surface area contributed by atoms with Crippen LogP contribution in [0, 0.1) is 17.8 Å². The second kappa shape index (κ2) is 4.08. The van der Waals surface area contributed by atoms with Crippen LogP contribution in [0.4, 0.5) is 4.39 Å². The van der Waals surface area contributed by atoms with Crippen LogP contribution in [0.3, 0.4) is 0 Å². The van der Waals surface area contributed by atoms with Crippen LogP contribution in [-0.4, -0.2) is 22.7 Å². The molecule has 1 N–H and O–H groups in total. The highest BCUT2D eigenvalue weighted by molar-refractivity contribution is 5.87. The second-order valence-electron chi connectivity index (χ2n) is 4.11. The van der Waals surface area contributed by atoms with Crippen molar-refractivity contribution < 1.29 is 19.0 Å². The zero-order chi connectivity index (χ0) is 11.7. The van der Waals surface area contributed by atoms with Crippen molar-refractivity contribution in [1.82, 2.24) is 4.98 Å². The molecule has 1 aromatic heterocycles. The Hall–Kier alpha value is -1.65. The van der Waals surface area contributed by atoms with Crippen molar-refractivity contribution in [3.8, 4) is 5.88 Å². The minimum atomic E-state index is -1.19. The number of rotatable bonds is 4. The molecule has 4 nitrogen and oxygen atoms in total. The molecule has 1 aromatic rings. The van der Waals surface area contributed by atoms with Crippen LogP contribution in [0.5, 0.6) is 5.88 Å². The van der Waals surface area contributed by atoms with E-state index in [1.807, 2.05) is 0 Å². The molecule has 1 aliphatic carbocycles. The number of ether oxygens (including phenoxy) is 1. The predicted octanol–water partition coefficient (Wildman–Crippen LogP) is 1.95. The number of pyridine rings is 1. The van der Waals surface area contributed by atoms with Crippen LogP contribution in [0.1, 0.15) is 23.7 Å². The molecule has 1 saturated carbocycles. The van der Waals surface area contributed by atoms with Crippen molar-refractivity contribution in [2.45, 2.75) is 13.3 Å². The van der Waals surface area contributed by atoms with Gasteiger partial charge in [-0.25, -0.2) is 4.79 Å². The summed E-state index contributed by atoms with van der Waals surface area (Å²) in [6, 6.07) is 2.10. The topological polar surface area (TPSA) is 59.4 Å². The quantitative estimate of drug-likeness (QED) is 0.795. The van der Waals surface area contributed by atoms with Gasteiger partial charge < -0.3 is 9.84 Å². The van der Waals surface area contributed by atoms with Gasteiger partial charge in [-0.05, 0) is 18.3 Å². The van der Waals surface area contributed by atoms with E-state index in [9.17, 15) is 9.18 Å². The Morgan fingerprint density at radius 3 is 2.94 bits per heavy atom. The number of aromatic carboxylic acids is 1. The third-order valence-corrected chi connectivity index (χ3v) is 2.74. The molecule has 0 aromatic carbocycles. The van der Waals surface area contributed by atoms with Crippen molar-refractivity contribution in [2.24, 2.45) is 11.8 Å². The molecule has 0 unspecified atom stereocenters. The van der Waals surface area contributed by atoms with Crippen molar-refractivity contribution in [1.29, 1.82) is 0 Å². The molecule has 1 fully saturated rings. The third-order valence-electron chi connectivity index (χ3n) is 2.74. The Kier molecular flexibility index (Phi) is 2.77.